The average molecular weight is 279 g/mol. The Balaban J connectivity index is 1.81. The lowest BCUT2D eigenvalue weighted by atomic mass is 10.1. The zero-order chi connectivity index (χ0) is 14.7. The number of nitrogens with zero attached hydrogens (tertiary/aromatic N) is 3. The van der Waals surface area contributed by atoms with Crippen molar-refractivity contribution in [3.05, 3.63) is 59.4 Å². The van der Waals surface area contributed by atoms with E-state index >= 15 is 0 Å². The molecule has 0 spiro atoms. The van der Waals surface area contributed by atoms with Crippen LogP contribution >= 0.6 is 0 Å². The van der Waals surface area contributed by atoms with E-state index in [9.17, 15) is 0 Å². The van der Waals surface area contributed by atoms with Crippen LogP contribution in [0.2, 0.25) is 0 Å². The van der Waals surface area contributed by atoms with E-state index < -0.39 is 0 Å². The van der Waals surface area contributed by atoms with Gasteiger partial charge in [-0.2, -0.15) is 0 Å². The van der Waals surface area contributed by atoms with Gasteiger partial charge in [-0.25, -0.2) is 9.97 Å². The highest BCUT2D eigenvalue weighted by molar-refractivity contribution is 5.51. The van der Waals surface area contributed by atoms with E-state index in [0.717, 1.165) is 23.9 Å². The zero-order valence-corrected chi connectivity index (χ0v) is 12.7. The van der Waals surface area contributed by atoms with Crippen molar-refractivity contribution >= 4 is 12.0 Å². The van der Waals surface area contributed by atoms with Crippen LogP contribution in [0.15, 0.2) is 42.5 Å². The predicted molar refractivity (Wildman–Crippen MR) is 87.4 cm³/mol. The van der Waals surface area contributed by atoms with E-state index in [1.54, 1.807) is 0 Å². The first-order chi connectivity index (χ1) is 10.2. The highest BCUT2D eigenvalue weighted by atomic mass is 15.3. The van der Waals surface area contributed by atoms with Crippen molar-refractivity contribution in [1.82, 2.24) is 9.97 Å². The molecule has 108 valence electrons. The SMILES string of the molecule is Cc1cc(C)nc(N2CCCC2/C=C/c2ccccc2)n1. The minimum atomic E-state index is 0.395. The van der Waals surface area contributed by atoms with Gasteiger partial charge in [0.2, 0.25) is 5.95 Å². The van der Waals surface area contributed by atoms with Gasteiger partial charge in [0.05, 0.1) is 6.04 Å². The molecule has 21 heavy (non-hydrogen) atoms. The number of hydrogen-bond donors (Lipinski definition) is 0. The summed E-state index contributed by atoms with van der Waals surface area (Å²) in [6.07, 6.45) is 6.84. The molecular formula is C18H21N3. The van der Waals surface area contributed by atoms with Crippen molar-refractivity contribution in [2.24, 2.45) is 0 Å². The lowest BCUT2D eigenvalue weighted by Gasteiger charge is -2.22. The molecule has 0 saturated carbocycles. The number of aryl methyl sites for hydroxylation is 2. The van der Waals surface area contributed by atoms with Crippen molar-refractivity contribution in [2.45, 2.75) is 32.7 Å². The van der Waals surface area contributed by atoms with Gasteiger partial charge in [-0.3, -0.25) is 0 Å². The second-order valence-electron chi connectivity index (χ2n) is 5.62. The smallest absolute Gasteiger partial charge is 0.226 e. The molecule has 1 atom stereocenters. The number of benzene rings is 1. The van der Waals surface area contributed by atoms with Gasteiger partial charge in [-0.1, -0.05) is 42.5 Å². The van der Waals surface area contributed by atoms with Crippen molar-refractivity contribution in [3.8, 4) is 0 Å². The van der Waals surface area contributed by atoms with Crippen LogP contribution in [0.1, 0.15) is 29.8 Å². The van der Waals surface area contributed by atoms with Gasteiger partial charge in [0.15, 0.2) is 0 Å². The molecule has 3 rings (SSSR count). The average Bonchev–Trinajstić information content (AvgIpc) is 2.93. The number of anilines is 1. The molecule has 1 saturated heterocycles. The molecule has 0 radical (unpaired) electrons. The summed E-state index contributed by atoms with van der Waals surface area (Å²) in [5.41, 5.74) is 3.32. The highest BCUT2D eigenvalue weighted by Gasteiger charge is 2.24. The van der Waals surface area contributed by atoms with Crippen LogP contribution in [0, 0.1) is 13.8 Å². The molecule has 1 aliphatic heterocycles. The summed E-state index contributed by atoms with van der Waals surface area (Å²) in [7, 11) is 0. The number of aromatic nitrogens is 2. The minimum Gasteiger partial charge on any atom is -0.334 e. The molecule has 3 nitrogen and oxygen atoms in total. The van der Waals surface area contributed by atoms with Crippen molar-refractivity contribution in [3.63, 3.8) is 0 Å². The quantitative estimate of drug-likeness (QED) is 0.856. The maximum absolute atomic E-state index is 4.60. The Hall–Kier alpha value is -2.16. The van der Waals surface area contributed by atoms with Crippen LogP contribution in [0.4, 0.5) is 5.95 Å². The molecule has 0 aliphatic carbocycles. The molecule has 1 unspecified atom stereocenters. The first-order valence-corrected chi connectivity index (χ1v) is 7.54. The van der Waals surface area contributed by atoms with Crippen molar-refractivity contribution in [2.75, 3.05) is 11.4 Å². The fourth-order valence-corrected chi connectivity index (χ4v) is 2.86. The summed E-state index contributed by atoms with van der Waals surface area (Å²) in [5, 5.41) is 0. The Kier molecular flexibility index (Phi) is 4.00. The molecule has 0 bridgehead atoms. The van der Waals surface area contributed by atoms with E-state index in [0.29, 0.717) is 6.04 Å². The molecule has 0 amide bonds. The second-order valence-corrected chi connectivity index (χ2v) is 5.62. The summed E-state index contributed by atoms with van der Waals surface area (Å²) in [4.78, 5) is 11.5. The first-order valence-electron chi connectivity index (χ1n) is 7.54. The monoisotopic (exact) mass is 279 g/mol. The molecule has 1 aliphatic rings. The van der Waals surface area contributed by atoms with Crippen LogP contribution in [0.25, 0.3) is 6.08 Å². The molecular weight excluding hydrogens is 258 g/mol. The molecule has 1 aromatic heterocycles. The third-order valence-electron chi connectivity index (χ3n) is 3.84. The highest BCUT2D eigenvalue weighted by Crippen LogP contribution is 2.24. The lowest BCUT2D eigenvalue weighted by Crippen LogP contribution is -2.29. The third-order valence-corrected chi connectivity index (χ3v) is 3.84. The van der Waals surface area contributed by atoms with Crippen molar-refractivity contribution in [1.29, 1.82) is 0 Å². The second kappa shape index (κ2) is 6.08. The van der Waals surface area contributed by atoms with E-state index in [1.165, 1.54) is 18.4 Å². The topological polar surface area (TPSA) is 29.0 Å². The fraction of sp³-hybridized carbons (Fsp3) is 0.333. The van der Waals surface area contributed by atoms with E-state index in [4.69, 9.17) is 0 Å². The maximum atomic E-state index is 4.60. The van der Waals surface area contributed by atoms with Gasteiger partial charge in [0, 0.05) is 17.9 Å². The molecule has 3 heteroatoms. The van der Waals surface area contributed by atoms with Gasteiger partial charge in [-0.15, -0.1) is 0 Å². The number of hydrogen-bond acceptors (Lipinski definition) is 3. The Bertz CT molecular complexity index is 614. The largest absolute Gasteiger partial charge is 0.334 e. The Morgan fingerprint density at radius 2 is 1.81 bits per heavy atom. The first kappa shape index (κ1) is 13.8. The Morgan fingerprint density at radius 3 is 2.52 bits per heavy atom. The molecule has 2 aromatic rings. The summed E-state index contributed by atoms with van der Waals surface area (Å²) >= 11 is 0. The van der Waals surface area contributed by atoms with Crippen LogP contribution in [-0.4, -0.2) is 22.6 Å². The zero-order valence-electron chi connectivity index (χ0n) is 12.7. The molecule has 2 heterocycles. The van der Waals surface area contributed by atoms with Gasteiger partial charge in [0.25, 0.3) is 0 Å². The summed E-state index contributed by atoms with van der Waals surface area (Å²) < 4.78 is 0. The lowest BCUT2D eigenvalue weighted by molar-refractivity contribution is 0.777. The molecule has 1 fully saturated rings. The van der Waals surface area contributed by atoms with Crippen molar-refractivity contribution < 1.29 is 0 Å². The Labute approximate surface area is 126 Å². The molecule has 1 aromatic carbocycles. The standard InChI is InChI=1S/C18H21N3/c1-14-13-15(2)20-18(19-14)21-12-6-9-17(21)11-10-16-7-4-3-5-8-16/h3-5,7-8,10-11,13,17H,6,9,12H2,1-2H3/b11-10+. The van der Waals surface area contributed by atoms with Gasteiger partial charge >= 0.3 is 0 Å². The van der Waals surface area contributed by atoms with Gasteiger partial charge < -0.3 is 4.90 Å². The van der Waals surface area contributed by atoms with Gasteiger partial charge in [-0.05, 0) is 38.3 Å². The van der Waals surface area contributed by atoms with Crippen LogP contribution in [0.3, 0.4) is 0 Å². The summed E-state index contributed by atoms with van der Waals surface area (Å²) in [6, 6.07) is 12.9. The normalized spacial score (nSPS) is 18.6. The van der Waals surface area contributed by atoms with Crippen LogP contribution < -0.4 is 4.90 Å². The van der Waals surface area contributed by atoms with E-state index in [-0.39, 0.29) is 0 Å². The number of rotatable bonds is 3. The fourth-order valence-electron chi connectivity index (χ4n) is 2.86. The third kappa shape index (κ3) is 3.30. The van der Waals surface area contributed by atoms with Crippen LogP contribution in [-0.2, 0) is 0 Å². The summed E-state index contributed by atoms with van der Waals surface area (Å²) in [6.45, 7) is 5.10. The van der Waals surface area contributed by atoms with Crippen LogP contribution in [0.5, 0.6) is 0 Å². The predicted octanol–water partition coefficient (Wildman–Crippen LogP) is 3.78. The molecule has 0 N–H and O–H groups in total. The minimum absolute atomic E-state index is 0.395. The van der Waals surface area contributed by atoms with Gasteiger partial charge in [0.1, 0.15) is 0 Å². The van der Waals surface area contributed by atoms with E-state index in [1.807, 2.05) is 26.0 Å². The Morgan fingerprint density at radius 1 is 1.10 bits per heavy atom. The summed E-state index contributed by atoms with van der Waals surface area (Å²) in [5.74, 6) is 0.868. The maximum Gasteiger partial charge on any atom is 0.226 e. The van der Waals surface area contributed by atoms with E-state index in [2.05, 4.69) is 51.3 Å².